The van der Waals surface area contributed by atoms with Gasteiger partial charge in [-0.25, -0.2) is 23.4 Å². The predicted molar refractivity (Wildman–Crippen MR) is 158 cm³/mol. The molecule has 1 atom stereocenters. The summed E-state index contributed by atoms with van der Waals surface area (Å²) in [6.07, 6.45) is 0.399. The second-order valence-corrected chi connectivity index (χ2v) is 12.7. The Balaban J connectivity index is 1.19. The molecule has 212 valence electrons. The van der Waals surface area contributed by atoms with Crippen molar-refractivity contribution in [3.05, 3.63) is 82.0 Å². The normalized spacial score (nSPS) is 16.0. The third kappa shape index (κ3) is 6.90. The van der Waals surface area contributed by atoms with E-state index in [2.05, 4.69) is 20.6 Å². The molecule has 2 aliphatic heterocycles. The van der Waals surface area contributed by atoms with Crippen LogP contribution in [0.15, 0.2) is 80.9 Å². The van der Waals surface area contributed by atoms with Crippen LogP contribution in [0, 0.1) is 0 Å². The summed E-state index contributed by atoms with van der Waals surface area (Å²) >= 11 is 2.65. The lowest BCUT2D eigenvalue weighted by molar-refractivity contribution is -0.128. The van der Waals surface area contributed by atoms with Crippen molar-refractivity contribution in [3.63, 3.8) is 0 Å². The number of amides is 3. The SMILES string of the molecule is NS(=O)(=O)c1ccc(CCNC(=O)CSC2=Nc3ccccc3C3=NC(CC(=O)NCc4cccs4)C(=O)N23)cc1. The number of fused-ring (bicyclic) bond motifs is 3. The van der Waals surface area contributed by atoms with Crippen LogP contribution in [0.25, 0.3) is 0 Å². The average Bonchev–Trinajstić information content (AvgIpc) is 3.59. The fraction of sp³-hybridized carbons (Fsp3) is 0.222. The van der Waals surface area contributed by atoms with E-state index in [0.717, 1.165) is 22.2 Å². The number of hydrogen-bond donors (Lipinski definition) is 3. The highest BCUT2D eigenvalue weighted by Gasteiger charge is 2.42. The van der Waals surface area contributed by atoms with Gasteiger partial charge in [0.05, 0.1) is 29.3 Å². The van der Waals surface area contributed by atoms with Crippen molar-refractivity contribution < 1.29 is 22.8 Å². The number of nitrogens with two attached hydrogens (primary N) is 1. The van der Waals surface area contributed by atoms with Gasteiger partial charge < -0.3 is 10.6 Å². The number of thioether (sulfide) groups is 1. The van der Waals surface area contributed by atoms with Gasteiger partial charge >= 0.3 is 0 Å². The Kier molecular flexibility index (Phi) is 8.63. The van der Waals surface area contributed by atoms with Crippen LogP contribution in [-0.4, -0.2) is 60.4 Å². The minimum atomic E-state index is -3.76. The van der Waals surface area contributed by atoms with Gasteiger partial charge in [0.15, 0.2) is 5.17 Å². The number of nitrogens with one attached hydrogen (secondary N) is 2. The molecule has 0 bridgehead atoms. The molecule has 4 N–H and O–H groups in total. The van der Waals surface area contributed by atoms with Crippen LogP contribution in [0.2, 0.25) is 0 Å². The van der Waals surface area contributed by atoms with Crippen molar-refractivity contribution in [2.24, 2.45) is 15.1 Å². The smallest absolute Gasteiger partial charge is 0.259 e. The highest BCUT2D eigenvalue weighted by Crippen LogP contribution is 2.34. The first-order chi connectivity index (χ1) is 19.7. The molecule has 2 aliphatic rings. The Bertz CT molecular complexity index is 1640. The summed E-state index contributed by atoms with van der Waals surface area (Å²) in [4.78, 5) is 50.2. The molecule has 3 aromatic rings. The number of thiophene rings is 1. The van der Waals surface area contributed by atoms with Gasteiger partial charge in [-0.1, -0.05) is 42.1 Å². The lowest BCUT2D eigenvalue weighted by Crippen LogP contribution is -2.42. The van der Waals surface area contributed by atoms with Crippen molar-refractivity contribution >= 4 is 67.5 Å². The number of sulfonamides is 1. The van der Waals surface area contributed by atoms with E-state index >= 15 is 0 Å². The first-order valence-electron chi connectivity index (χ1n) is 12.6. The average molecular weight is 611 g/mol. The molecule has 0 saturated heterocycles. The molecule has 5 rings (SSSR count). The largest absolute Gasteiger partial charge is 0.355 e. The van der Waals surface area contributed by atoms with E-state index in [9.17, 15) is 22.8 Å². The van der Waals surface area contributed by atoms with Crippen molar-refractivity contribution in [2.45, 2.75) is 30.3 Å². The number of para-hydroxylation sites is 1. The van der Waals surface area contributed by atoms with Gasteiger partial charge in [-0.2, -0.15) is 0 Å². The van der Waals surface area contributed by atoms with E-state index < -0.39 is 16.1 Å². The number of carbonyl (C=O) groups excluding carboxylic acids is 3. The highest BCUT2D eigenvalue weighted by molar-refractivity contribution is 8.14. The van der Waals surface area contributed by atoms with Crippen molar-refractivity contribution in [2.75, 3.05) is 12.3 Å². The van der Waals surface area contributed by atoms with Gasteiger partial charge in [0.1, 0.15) is 11.9 Å². The minimum Gasteiger partial charge on any atom is -0.355 e. The second kappa shape index (κ2) is 12.3. The quantitative estimate of drug-likeness (QED) is 0.319. The van der Waals surface area contributed by atoms with E-state index in [1.165, 1.54) is 28.4 Å². The number of carbonyl (C=O) groups is 3. The molecular weight excluding hydrogens is 585 g/mol. The zero-order valence-electron chi connectivity index (χ0n) is 21.6. The van der Waals surface area contributed by atoms with Crippen molar-refractivity contribution in [1.82, 2.24) is 15.5 Å². The fourth-order valence-electron chi connectivity index (χ4n) is 4.25. The Morgan fingerprint density at radius 3 is 2.54 bits per heavy atom. The molecule has 0 spiro atoms. The lowest BCUT2D eigenvalue weighted by atomic mass is 10.1. The van der Waals surface area contributed by atoms with Crippen LogP contribution in [0.5, 0.6) is 0 Å². The summed E-state index contributed by atoms with van der Waals surface area (Å²) in [5, 5.41) is 13.0. The predicted octanol–water partition coefficient (Wildman–Crippen LogP) is 2.15. The fourth-order valence-corrected chi connectivity index (χ4v) is 6.24. The number of benzene rings is 2. The van der Waals surface area contributed by atoms with E-state index in [1.54, 1.807) is 12.1 Å². The van der Waals surface area contributed by atoms with E-state index in [1.807, 2.05) is 41.8 Å². The van der Waals surface area contributed by atoms with Gasteiger partial charge in [-0.3, -0.25) is 19.4 Å². The molecule has 11 nitrogen and oxygen atoms in total. The summed E-state index contributed by atoms with van der Waals surface area (Å²) in [7, 11) is -3.76. The molecule has 1 aromatic heterocycles. The number of rotatable bonds is 10. The molecular formula is C27H26N6O5S3. The second-order valence-electron chi connectivity index (χ2n) is 9.19. The number of nitrogens with zero attached hydrogens (tertiary/aromatic N) is 3. The maximum absolute atomic E-state index is 13.4. The van der Waals surface area contributed by atoms with Gasteiger partial charge in [0, 0.05) is 17.0 Å². The van der Waals surface area contributed by atoms with Crippen LogP contribution < -0.4 is 15.8 Å². The number of aliphatic imine (C=N–C) groups is 2. The van der Waals surface area contributed by atoms with E-state index in [4.69, 9.17) is 5.14 Å². The van der Waals surface area contributed by atoms with Gasteiger partial charge in [-0.15, -0.1) is 11.3 Å². The first-order valence-corrected chi connectivity index (χ1v) is 16.0. The Hall–Kier alpha value is -3.85. The van der Waals surface area contributed by atoms with Crippen LogP contribution in [-0.2, 0) is 37.4 Å². The molecule has 1 unspecified atom stereocenters. The van der Waals surface area contributed by atoms with Gasteiger partial charge in [0.2, 0.25) is 21.8 Å². The number of primary sulfonamides is 1. The molecule has 3 amide bonds. The Morgan fingerprint density at radius 2 is 1.80 bits per heavy atom. The standard InChI is InChI=1S/C27H26N6O5S3/c28-41(37,38)19-9-7-17(8-10-19)11-12-29-24(35)16-40-27-32-21-6-2-1-5-20(21)25-31-22(26(36)33(25)27)14-23(34)30-15-18-4-3-13-39-18/h1-10,13,22H,11-12,14-16H2,(H,29,35)(H,30,34)(H2,28,37,38). The molecule has 0 saturated carbocycles. The van der Waals surface area contributed by atoms with Crippen molar-refractivity contribution in [1.29, 1.82) is 0 Å². The summed E-state index contributed by atoms with van der Waals surface area (Å²) in [6.45, 7) is 0.723. The topological polar surface area (TPSA) is 163 Å². The summed E-state index contributed by atoms with van der Waals surface area (Å²) < 4.78 is 22.8. The van der Waals surface area contributed by atoms with Crippen LogP contribution in [0.1, 0.15) is 22.4 Å². The van der Waals surface area contributed by atoms with Gasteiger partial charge in [0.25, 0.3) is 5.91 Å². The Morgan fingerprint density at radius 1 is 1.02 bits per heavy atom. The van der Waals surface area contributed by atoms with Crippen LogP contribution in [0.3, 0.4) is 0 Å². The highest BCUT2D eigenvalue weighted by atomic mass is 32.2. The molecule has 2 aromatic carbocycles. The number of amidine groups is 2. The molecule has 0 fully saturated rings. The minimum absolute atomic E-state index is 0.00832. The molecule has 0 radical (unpaired) electrons. The van der Waals surface area contributed by atoms with Gasteiger partial charge in [-0.05, 0) is 47.7 Å². The lowest BCUT2D eigenvalue weighted by Gasteiger charge is -2.25. The number of hydrogen-bond acceptors (Lipinski definition) is 9. The maximum Gasteiger partial charge on any atom is 0.259 e. The van der Waals surface area contributed by atoms with Crippen molar-refractivity contribution in [3.8, 4) is 0 Å². The zero-order chi connectivity index (χ0) is 29.0. The monoisotopic (exact) mass is 610 g/mol. The maximum atomic E-state index is 13.4. The van der Waals surface area contributed by atoms with E-state index in [0.29, 0.717) is 41.8 Å². The zero-order valence-corrected chi connectivity index (χ0v) is 24.1. The van der Waals surface area contributed by atoms with Crippen LogP contribution >= 0.6 is 23.1 Å². The summed E-state index contributed by atoms with van der Waals surface area (Å²) in [5.74, 6) is -0.474. The third-order valence-electron chi connectivity index (χ3n) is 6.29. The summed E-state index contributed by atoms with van der Waals surface area (Å²) in [6, 6.07) is 16.4. The first kappa shape index (κ1) is 28.7. The molecule has 0 aliphatic carbocycles. The molecule has 3 heterocycles. The Labute approximate surface area is 245 Å². The third-order valence-corrected chi connectivity index (χ3v) is 9.03. The van der Waals surface area contributed by atoms with Crippen LogP contribution in [0.4, 0.5) is 5.69 Å². The molecule has 41 heavy (non-hydrogen) atoms. The van der Waals surface area contributed by atoms with E-state index in [-0.39, 0.29) is 34.8 Å². The molecule has 14 heteroatoms. The summed E-state index contributed by atoms with van der Waals surface area (Å²) in [5.41, 5.74) is 2.15.